The first kappa shape index (κ1) is 12.6. The average molecular weight is 264 g/mol. The van der Waals surface area contributed by atoms with Crippen LogP contribution < -0.4 is 10.5 Å². The molecule has 5 heteroatoms. The first-order valence-electron chi connectivity index (χ1n) is 5.60. The number of ether oxygens (including phenoxy) is 1. The second-order valence-corrected chi connectivity index (χ2v) is 4.20. The normalized spacial score (nSPS) is 10.4. The number of anilines is 1. The Balaban J connectivity index is 2.58. The summed E-state index contributed by atoms with van der Waals surface area (Å²) in [5, 5.41) is 0.571. The van der Waals surface area contributed by atoms with Crippen molar-refractivity contribution in [2.75, 3.05) is 12.8 Å². The third-order valence-corrected chi connectivity index (χ3v) is 3.07. The summed E-state index contributed by atoms with van der Waals surface area (Å²) in [7, 11) is 1.58. The van der Waals surface area contributed by atoms with Crippen molar-refractivity contribution in [3.8, 4) is 17.0 Å². The molecule has 1 aromatic heterocycles. The summed E-state index contributed by atoms with van der Waals surface area (Å²) < 4.78 is 5.20. The van der Waals surface area contributed by atoms with Crippen LogP contribution in [0.2, 0.25) is 5.02 Å². The fourth-order valence-electron chi connectivity index (χ4n) is 1.83. The molecule has 0 fully saturated rings. The molecule has 0 bridgehead atoms. The molecule has 0 aliphatic carbocycles. The van der Waals surface area contributed by atoms with E-state index in [2.05, 4.69) is 9.97 Å². The number of hydrogen-bond acceptors (Lipinski definition) is 4. The molecule has 2 aromatic rings. The van der Waals surface area contributed by atoms with Gasteiger partial charge in [0.05, 0.1) is 17.8 Å². The SMILES string of the molecule is CCc1c(N)ncnc1-c1ccc(Cl)c(OC)c1. The van der Waals surface area contributed by atoms with Gasteiger partial charge in [-0.2, -0.15) is 0 Å². The van der Waals surface area contributed by atoms with Gasteiger partial charge in [0.15, 0.2) is 0 Å². The molecule has 1 heterocycles. The Hall–Kier alpha value is -1.81. The Morgan fingerprint density at radius 2 is 2.11 bits per heavy atom. The van der Waals surface area contributed by atoms with E-state index < -0.39 is 0 Å². The Morgan fingerprint density at radius 1 is 1.33 bits per heavy atom. The lowest BCUT2D eigenvalue weighted by Crippen LogP contribution is -2.01. The number of halogens is 1. The molecule has 1 aromatic carbocycles. The minimum Gasteiger partial charge on any atom is -0.495 e. The topological polar surface area (TPSA) is 61.0 Å². The fraction of sp³-hybridized carbons (Fsp3) is 0.231. The number of nitrogen functional groups attached to an aromatic ring is 1. The number of methoxy groups -OCH3 is 1. The number of aromatic nitrogens is 2. The fourth-order valence-corrected chi connectivity index (χ4v) is 2.03. The van der Waals surface area contributed by atoms with E-state index in [1.807, 2.05) is 19.1 Å². The van der Waals surface area contributed by atoms with Gasteiger partial charge in [0.2, 0.25) is 0 Å². The van der Waals surface area contributed by atoms with Gasteiger partial charge in [0, 0.05) is 11.1 Å². The smallest absolute Gasteiger partial charge is 0.138 e. The lowest BCUT2D eigenvalue weighted by atomic mass is 10.0. The number of benzene rings is 1. The third kappa shape index (κ3) is 2.24. The summed E-state index contributed by atoms with van der Waals surface area (Å²) in [6, 6.07) is 5.53. The lowest BCUT2D eigenvalue weighted by Gasteiger charge is -2.10. The zero-order valence-electron chi connectivity index (χ0n) is 10.3. The first-order chi connectivity index (χ1) is 8.67. The van der Waals surface area contributed by atoms with Gasteiger partial charge >= 0.3 is 0 Å². The minimum atomic E-state index is 0.511. The van der Waals surface area contributed by atoms with Crippen LogP contribution in [0.25, 0.3) is 11.3 Å². The van der Waals surface area contributed by atoms with Gasteiger partial charge in [-0.3, -0.25) is 0 Å². The maximum atomic E-state index is 6.01. The largest absolute Gasteiger partial charge is 0.495 e. The number of nitrogens with two attached hydrogens (primary N) is 1. The molecule has 94 valence electrons. The third-order valence-electron chi connectivity index (χ3n) is 2.76. The highest BCUT2D eigenvalue weighted by Crippen LogP contribution is 2.31. The maximum absolute atomic E-state index is 6.01. The van der Waals surface area contributed by atoms with Crippen molar-refractivity contribution in [3.63, 3.8) is 0 Å². The van der Waals surface area contributed by atoms with Crippen LogP contribution in [0.15, 0.2) is 24.5 Å². The van der Waals surface area contributed by atoms with E-state index in [0.29, 0.717) is 16.6 Å². The van der Waals surface area contributed by atoms with Crippen LogP contribution in [0.5, 0.6) is 5.75 Å². The molecule has 0 spiro atoms. The number of rotatable bonds is 3. The highest BCUT2D eigenvalue weighted by Gasteiger charge is 2.11. The molecular formula is C13H14ClN3O. The summed E-state index contributed by atoms with van der Waals surface area (Å²) in [5.74, 6) is 1.13. The molecule has 0 saturated carbocycles. The quantitative estimate of drug-likeness (QED) is 0.925. The van der Waals surface area contributed by atoms with Gasteiger partial charge in [-0.1, -0.05) is 24.6 Å². The first-order valence-corrected chi connectivity index (χ1v) is 5.98. The van der Waals surface area contributed by atoms with Gasteiger partial charge in [-0.05, 0) is 18.6 Å². The molecule has 18 heavy (non-hydrogen) atoms. The van der Waals surface area contributed by atoms with Gasteiger partial charge in [-0.15, -0.1) is 0 Å². The molecule has 0 saturated heterocycles. The van der Waals surface area contributed by atoms with Crippen LogP contribution >= 0.6 is 11.6 Å². The minimum absolute atomic E-state index is 0.511. The van der Waals surface area contributed by atoms with Crippen molar-refractivity contribution in [1.29, 1.82) is 0 Å². The summed E-state index contributed by atoms with van der Waals surface area (Å²) >= 11 is 6.01. The molecule has 0 radical (unpaired) electrons. The van der Waals surface area contributed by atoms with E-state index in [0.717, 1.165) is 23.2 Å². The Labute approximate surface area is 111 Å². The molecule has 0 atom stereocenters. The van der Waals surface area contributed by atoms with E-state index in [4.69, 9.17) is 22.1 Å². The predicted octanol–water partition coefficient (Wildman–Crippen LogP) is 2.95. The zero-order chi connectivity index (χ0) is 13.1. The highest BCUT2D eigenvalue weighted by molar-refractivity contribution is 6.32. The van der Waals surface area contributed by atoms with Crippen molar-refractivity contribution in [3.05, 3.63) is 35.1 Å². The van der Waals surface area contributed by atoms with Crippen LogP contribution in [0.3, 0.4) is 0 Å². The second kappa shape index (κ2) is 5.23. The van der Waals surface area contributed by atoms with Crippen molar-refractivity contribution >= 4 is 17.4 Å². The van der Waals surface area contributed by atoms with E-state index in [1.54, 1.807) is 13.2 Å². The van der Waals surface area contributed by atoms with Crippen molar-refractivity contribution in [1.82, 2.24) is 9.97 Å². The standard InChI is InChI=1S/C13H14ClN3O/c1-3-9-12(16-7-17-13(9)15)8-4-5-10(14)11(6-8)18-2/h4-7H,3H2,1-2H3,(H2,15,16,17). The van der Waals surface area contributed by atoms with Crippen LogP contribution in [0.1, 0.15) is 12.5 Å². The molecule has 4 nitrogen and oxygen atoms in total. The predicted molar refractivity (Wildman–Crippen MR) is 72.8 cm³/mol. The highest BCUT2D eigenvalue weighted by atomic mass is 35.5. The number of nitrogens with zero attached hydrogens (tertiary/aromatic N) is 2. The van der Waals surface area contributed by atoms with Crippen molar-refractivity contribution < 1.29 is 4.74 Å². The van der Waals surface area contributed by atoms with Crippen molar-refractivity contribution in [2.24, 2.45) is 0 Å². The van der Waals surface area contributed by atoms with Gasteiger partial charge in [0.25, 0.3) is 0 Å². The monoisotopic (exact) mass is 263 g/mol. The average Bonchev–Trinajstić information content (AvgIpc) is 2.39. The van der Waals surface area contributed by atoms with Gasteiger partial charge < -0.3 is 10.5 Å². The Bertz CT molecular complexity index is 572. The molecule has 2 rings (SSSR count). The Morgan fingerprint density at radius 3 is 2.78 bits per heavy atom. The van der Waals surface area contributed by atoms with E-state index in [-0.39, 0.29) is 0 Å². The molecule has 2 N–H and O–H groups in total. The van der Waals surface area contributed by atoms with E-state index >= 15 is 0 Å². The van der Waals surface area contributed by atoms with Crippen LogP contribution in [0, 0.1) is 0 Å². The van der Waals surface area contributed by atoms with Crippen LogP contribution in [-0.2, 0) is 6.42 Å². The van der Waals surface area contributed by atoms with E-state index in [1.165, 1.54) is 6.33 Å². The van der Waals surface area contributed by atoms with Gasteiger partial charge in [-0.25, -0.2) is 9.97 Å². The lowest BCUT2D eigenvalue weighted by molar-refractivity contribution is 0.415. The summed E-state index contributed by atoms with van der Waals surface area (Å²) in [5.41, 5.74) is 8.53. The Kier molecular flexibility index (Phi) is 3.67. The molecular weight excluding hydrogens is 250 g/mol. The second-order valence-electron chi connectivity index (χ2n) is 3.79. The molecule has 0 amide bonds. The number of hydrogen-bond donors (Lipinski definition) is 1. The summed E-state index contributed by atoms with van der Waals surface area (Å²) in [6.45, 7) is 2.02. The summed E-state index contributed by atoms with van der Waals surface area (Å²) in [6.07, 6.45) is 2.23. The van der Waals surface area contributed by atoms with E-state index in [9.17, 15) is 0 Å². The molecule has 0 aliphatic heterocycles. The maximum Gasteiger partial charge on any atom is 0.138 e. The van der Waals surface area contributed by atoms with Crippen molar-refractivity contribution in [2.45, 2.75) is 13.3 Å². The van der Waals surface area contributed by atoms with Gasteiger partial charge in [0.1, 0.15) is 17.9 Å². The molecule has 0 aliphatic rings. The van der Waals surface area contributed by atoms with Crippen LogP contribution in [-0.4, -0.2) is 17.1 Å². The van der Waals surface area contributed by atoms with Crippen LogP contribution in [0.4, 0.5) is 5.82 Å². The molecule has 0 unspecified atom stereocenters. The zero-order valence-corrected chi connectivity index (χ0v) is 11.0. The summed E-state index contributed by atoms with van der Waals surface area (Å²) in [4.78, 5) is 8.30.